The van der Waals surface area contributed by atoms with E-state index in [2.05, 4.69) is 11.0 Å². The molecule has 3 aliphatic rings. The molecular weight excluding hydrogens is 328 g/mol. The van der Waals surface area contributed by atoms with Gasteiger partial charge in [-0.25, -0.2) is 4.79 Å². The van der Waals surface area contributed by atoms with E-state index in [1.54, 1.807) is 0 Å². The number of nitrogens with zero attached hydrogens (tertiary/aromatic N) is 4. The van der Waals surface area contributed by atoms with Crippen LogP contribution in [0.2, 0.25) is 0 Å². The molecule has 3 saturated heterocycles. The normalized spacial score (nSPS) is 25.0. The van der Waals surface area contributed by atoms with E-state index < -0.39 is 0 Å². The maximum Gasteiger partial charge on any atom is 0.327 e. The Labute approximate surface area is 154 Å². The number of likely N-dealkylation sites (tertiary alicyclic amines) is 1. The molecule has 6 heteroatoms. The number of benzene rings is 1. The highest BCUT2D eigenvalue weighted by molar-refractivity contribution is 6.04. The molecule has 3 aliphatic heterocycles. The highest BCUT2D eigenvalue weighted by Crippen LogP contribution is 2.46. The predicted molar refractivity (Wildman–Crippen MR) is 96.0 cm³/mol. The maximum absolute atomic E-state index is 12.4. The number of carbonyl (C=O) groups is 2. The highest BCUT2D eigenvalue weighted by atomic mass is 16.2. The fourth-order valence-corrected chi connectivity index (χ4v) is 4.69. The second-order valence-electron chi connectivity index (χ2n) is 7.80. The second-order valence-corrected chi connectivity index (χ2v) is 7.80. The SMILES string of the molecule is CCN1C(=O)C2CC3(CCN(Cc4ccc(C#N)cc4)CC3)CN2C1=O. The van der Waals surface area contributed by atoms with Gasteiger partial charge in [-0.15, -0.1) is 0 Å². The van der Waals surface area contributed by atoms with Crippen molar-refractivity contribution in [1.29, 1.82) is 5.26 Å². The summed E-state index contributed by atoms with van der Waals surface area (Å²) in [7, 11) is 0. The van der Waals surface area contributed by atoms with Gasteiger partial charge in [0.2, 0.25) is 0 Å². The maximum atomic E-state index is 12.4. The van der Waals surface area contributed by atoms with Crippen molar-refractivity contribution < 1.29 is 9.59 Å². The fourth-order valence-electron chi connectivity index (χ4n) is 4.69. The molecule has 1 aromatic carbocycles. The minimum absolute atomic E-state index is 0.00520. The van der Waals surface area contributed by atoms with Crippen LogP contribution >= 0.6 is 0 Å². The Hall–Kier alpha value is -2.39. The summed E-state index contributed by atoms with van der Waals surface area (Å²) >= 11 is 0. The van der Waals surface area contributed by atoms with Gasteiger partial charge in [0.1, 0.15) is 6.04 Å². The number of hydrogen-bond acceptors (Lipinski definition) is 4. The van der Waals surface area contributed by atoms with Crippen molar-refractivity contribution in [1.82, 2.24) is 14.7 Å². The minimum atomic E-state index is -0.229. The van der Waals surface area contributed by atoms with Crippen molar-refractivity contribution in [3.63, 3.8) is 0 Å². The molecule has 4 rings (SSSR count). The van der Waals surface area contributed by atoms with Crippen LogP contribution in [0, 0.1) is 16.7 Å². The standard InChI is InChI=1S/C20H24N4O2/c1-2-23-18(25)17-11-20(14-24(17)19(23)26)7-9-22(10-8-20)13-16-5-3-15(12-21)4-6-16/h3-6,17H,2,7-11,13-14H2,1H3. The summed E-state index contributed by atoms with van der Waals surface area (Å²) in [4.78, 5) is 30.5. The molecule has 1 unspecified atom stereocenters. The largest absolute Gasteiger partial charge is 0.327 e. The smallest absolute Gasteiger partial charge is 0.312 e. The molecule has 136 valence electrons. The van der Waals surface area contributed by atoms with Gasteiger partial charge >= 0.3 is 6.03 Å². The van der Waals surface area contributed by atoms with E-state index in [1.165, 1.54) is 10.5 Å². The van der Waals surface area contributed by atoms with Crippen molar-refractivity contribution in [3.8, 4) is 6.07 Å². The Balaban J connectivity index is 1.36. The molecule has 0 N–H and O–H groups in total. The van der Waals surface area contributed by atoms with Gasteiger partial charge in [-0.3, -0.25) is 14.6 Å². The van der Waals surface area contributed by atoms with Crippen LogP contribution in [0.15, 0.2) is 24.3 Å². The van der Waals surface area contributed by atoms with Crippen LogP contribution in [-0.4, -0.2) is 58.9 Å². The van der Waals surface area contributed by atoms with E-state index in [1.807, 2.05) is 36.1 Å². The van der Waals surface area contributed by atoms with Crippen LogP contribution in [0.3, 0.4) is 0 Å². The summed E-state index contributed by atoms with van der Waals surface area (Å²) in [6.45, 7) is 5.91. The molecule has 3 amide bonds. The zero-order chi connectivity index (χ0) is 18.3. The van der Waals surface area contributed by atoms with Crippen LogP contribution < -0.4 is 0 Å². The predicted octanol–water partition coefficient (Wildman–Crippen LogP) is 2.20. The molecule has 0 radical (unpaired) electrons. The Morgan fingerprint density at radius 2 is 1.88 bits per heavy atom. The first-order chi connectivity index (χ1) is 12.5. The van der Waals surface area contributed by atoms with E-state index in [9.17, 15) is 9.59 Å². The Kier molecular flexibility index (Phi) is 4.20. The highest BCUT2D eigenvalue weighted by Gasteiger charge is 2.55. The van der Waals surface area contributed by atoms with E-state index >= 15 is 0 Å². The number of fused-ring (bicyclic) bond motifs is 1. The zero-order valence-electron chi connectivity index (χ0n) is 15.1. The molecule has 0 bridgehead atoms. The van der Waals surface area contributed by atoms with E-state index in [0.717, 1.165) is 45.4 Å². The first-order valence-electron chi connectivity index (χ1n) is 9.39. The molecule has 3 heterocycles. The summed E-state index contributed by atoms with van der Waals surface area (Å²) in [5, 5.41) is 8.89. The van der Waals surface area contributed by atoms with Crippen molar-refractivity contribution in [2.75, 3.05) is 26.2 Å². The summed E-state index contributed by atoms with van der Waals surface area (Å²) in [6, 6.07) is 9.59. The van der Waals surface area contributed by atoms with Gasteiger partial charge in [0, 0.05) is 19.6 Å². The molecule has 1 spiro atoms. The van der Waals surface area contributed by atoms with Gasteiger partial charge in [0.15, 0.2) is 0 Å². The lowest BCUT2D eigenvalue weighted by molar-refractivity contribution is -0.128. The van der Waals surface area contributed by atoms with Crippen LogP contribution in [0.4, 0.5) is 4.79 Å². The molecule has 1 atom stereocenters. The lowest BCUT2D eigenvalue weighted by Crippen LogP contribution is -2.43. The number of imide groups is 1. The number of likely N-dealkylation sites (N-methyl/N-ethyl adjacent to an activating group) is 1. The van der Waals surface area contributed by atoms with Crippen molar-refractivity contribution in [2.45, 2.75) is 38.8 Å². The Morgan fingerprint density at radius 3 is 2.46 bits per heavy atom. The number of amides is 3. The molecule has 1 aromatic rings. The summed E-state index contributed by atoms with van der Waals surface area (Å²) in [5.41, 5.74) is 2.01. The van der Waals surface area contributed by atoms with Crippen molar-refractivity contribution in [3.05, 3.63) is 35.4 Å². The first kappa shape index (κ1) is 17.0. The van der Waals surface area contributed by atoms with Crippen LogP contribution in [-0.2, 0) is 11.3 Å². The summed E-state index contributed by atoms with van der Waals surface area (Å²) in [5.74, 6) is -0.00520. The van der Waals surface area contributed by atoms with Crippen molar-refractivity contribution in [2.24, 2.45) is 5.41 Å². The van der Waals surface area contributed by atoms with Crippen LogP contribution in [0.1, 0.15) is 37.3 Å². The number of hydrogen-bond donors (Lipinski definition) is 0. The van der Waals surface area contributed by atoms with E-state index in [-0.39, 0.29) is 23.4 Å². The molecular formula is C20H24N4O2. The first-order valence-corrected chi connectivity index (χ1v) is 9.39. The van der Waals surface area contributed by atoms with Gasteiger partial charge < -0.3 is 4.90 Å². The Morgan fingerprint density at radius 1 is 1.19 bits per heavy atom. The second kappa shape index (κ2) is 6.40. The molecule has 26 heavy (non-hydrogen) atoms. The third kappa shape index (κ3) is 2.77. The number of nitriles is 1. The van der Waals surface area contributed by atoms with E-state index in [0.29, 0.717) is 12.1 Å². The number of piperidine rings is 1. The Bertz CT molecular complexity index is 733. The van der Waals surface area contributed by atoms with Gasteiger partial charge in [-0.1, -0.05) is 12.1 Å². The summed E-state index contributed by atoms with van der Waals surface area (Å²) in [6.07, 6.45) is 2.88. The summed E-state index contributed by atoms with van der Waals surface area (Å²) < 4.78 is 0. The zero-order valence-corrected chi connectivity index (χ0v) is 15.1. The quantitative estimate of drug-likeness (QED) is 0.782. The lowest BCUT2D eigenvalue weighted by atomic mass is 9.76. The number of urea groups is 1. The molecule has 0 aromatic heterocycles. The average Bonchev–Trinajstić information content (AvgIpc) is 3.13. The monoisotopic (exact) mass is 352 g/mol. The third-order valence-corrected chi connectivity index (χ3v) is 6.26. The molecule has 0 aliphatic carbocycles. The van der Waals surface area contributed by atoms with Gasteiger partial charge in [0.05, 0.1) is 11.6 Å². The van der Waals surface area contributed by atoms with Crippen LogP contribution in [0.5, 0.6) is 0 Å². The molecule has 3 fully saturated rings. The van der Waals surface area contributed by atoms with Gasteiger partial charge in [-0.05, 0) is 62.4 Å². The van der Waals surface area contributed by atoms with Gasteiger partial charge in [0.25, 0.3) is 5.91 Å². The minimum Gasteiger partial charge on any atom is -0.312 e. The van der Waals surface area contributed by atoms with Crippen LogP contribution in [0.25, 0.3) is 0 Å². The third-order valence-electron chi connectivity index (χ3n) is 6.26. The average molecular weight is 352 g/mol. The molecule has 0 saturated carbocycles. The topological polar surface area (TPSA) is 67.7 Å². The number of carbonyl (C=O) groups excluding carboxylic acids is 2. The van der Waals surface area contributed by atoms with Crippen molar-refractivity contribution >= 4 is 11.9 Å². The van der Waals surface area contributed by atoms with E-state index in [4.69, 9.17) is 5.26 Å². The fraction of sp³-hybridized carbons (Fsp3) is 0.550. The van der Waals surface area contributed by atoms with Gasteiger partial charge in [-0.2, -0.15) is 5.26 Å². The lowest BCUT2D eigenvalue weighted by Gasteiger charge is -2.39. The number of rotatable bonds is 3. The molecule has 6 nitrogen and oxygen atoms in total.